The normalized spacial score (nSPS) is 20.2. The Bertz CT molecular complexity index is 713. The molecule has 1 saturated heterocycles. The SMILES string of the molecule is O=C(O)c1cscc1-c1ccc2c(c1)SNC1CCCN21. The van der Waals surface area contributed by atoms with Crippen molar-refractivity contribution >= 4 is 34.9 Å². The van der Waals surface area contributed by atoms with Gasteiger partial charge in [0.15, 0.2) is 0 Å². The number of hydrogen-bond donors (Lipinski definition) is 2. The largest absolute Gasteiger partial charge is 0.478 e. The van der Waals surface area contributed by atoms with Gasteiger partial charge in [-0.1, -0.05) is 6.07 Å². The molecule has 1 unspecified atom stereocenters. The number of carboxylic acids is 1. The molecule has 1 aromatic heterocycles. The fraction of sp³-hybridized carbons (Fsp3) is 0.267. The van der Waals surface area contributed by atoms with Crippen molar-refractivity contribution in [2.24, 2.45) is 0 Å². The van der Waals surface area contributed by atoms with Gasteiger partial charge in [0, 0.05) is 22.4 Å². The molecular weight excluding hydrogens is 304 g/mol. The van der Waals surface area contributed by atoms with Gasteiger partial charge in [-0.3, -0.25) is 0 Å². The lowest BCUT2D eigenvalue weighted by molar-refractivity contribution is 0.0698. The molecule has 1 aromatic carbocycles. The zero-order valence-corrected chi connectivity index (χ0v) is 12.8. The first-order chi connectivity index (χ1) is 10.2. The molecule has 2 aliphatic heterocycles. The maximum atomic E-state index is 11.3. The van der Waals surface area contributed by atoms with Crippen LogP contribution in [0.3, 0.4) is 0 Å². The molecule has 0 bridgehead atoms. The number of nitrogens with zero attached hydrogens (tertiary/aromatic N) is 1. The van der Waals surface area contributed by atoms with Gasteiger partial charge < -0.3 is 10.0 Å². The third kappa shape index (κ3) is 2.14. The van der Waals surface area contributed by atoms with E-state index in [4.69, 9.17) is 0 Å². The van der Waals surface area contributed by atoms with Gasteiger partial charge in [-0.2, -0.15) is 11.3 Å². The number of thiophene rings is 1. The van der Waals surface area contributed by atoms with E-state index in [9.17, 15) is 9.90 Å². The summed E-state index contributed by atoms with van der Waals surface area (Å²) in [7, 11) is 0. The van der Waals surface area contributed by atoms with E-state index in [1.165, 1.54) is 34.8 Å². The molecule has 4 rings (SSSR count). The predicted molar refractivity (Wildman–Crippen MR) is 86.1 cm³/mol. The van der Waals surface area contributed by atoms with Crippen LogP contribution < -0.4 is 9.62 Å². The maximum Gasteiger partial charge on any atom is 0.337 e. The summed E-state index contributed by atoms with van der Waals surface area (Å²) in [5, 5.41) is 12.9. The van der Waals surface area contributed by atoms with Crippen LogP contribution in [0.2, 0.25) is 0 Å². The van der Waals surface area contributed by atoms with Crippen LogP contribution in [-0.4, -0.2) is 23.8 Å². The topological polar surface area (TPSA) is 52.6 Å². The highest BCUT2D eigenvalue weighted by Gasteiger charge is 2.30. The lowest BCUT2D eigenvalue weighted by Crippen LogP contribution is -2.41. The van der Waals surface area contributed by atoms with Gasteiger partial charge in [0.25, 0.3) is 0 Å². The van der Waals surface area contributed by atoms with Gasteiger partial charge in [-0.05, 0) is 47.9 Å². The summed E-state index contributed by atoms with van der Waals surface area (Å²) in [6.45, 7) is 1.09. The van der Waals surface area contributed by atoms with Crippen molar-refractivity contribution < 1.29 is 9.90 Å². The van der Waals surface area contributed by atoms with E-state index in [2.05, 4.69) is 21.8 Å². The number of anilines is 1. The van der Waals surface area contributed by atoms with Crippen LogP contribution in [0.4, 0.5) is 5.69 Å². The van der Waals surface area contributed by atoms with Gasteiger partial charge >= 0.3 is 5.97 Å². The Morgan fingerprint density at radius 2 is 2.29 bits per heavy atom. The number of aromatic carboxylic acids is 1. The Morgan fingerprint density at radius 1 is 1.38 bits per heavy atom. The van der Waals surface area contributed by atoms with Gasteiger partial charge in [-0.25, -0.2) is 9.52 Å². The Kier molecular flexibility index (Phi) is 3.17. The maximum absolute atomic E-state index is 11.3. The summed E-state index contributed by atoms with van der Waals surface area (Å²) in [6, 6.07) is 6.25. The molecule has 0 aliphatic carbocycles. The number of nitrogens with one attached hydrogen (secondary N) is 1. The standard InChI is InChI=1S/C15H14N2O2S2/c18-15(19)11-8-20-7-10(11)9-3-4-12-13(6-9)21-16-14-2-1-5-17(12)14/h3-4,6-8,14,16H,1-2,5H2,(H,18,19). The van der Waals surface area contributed by atoms with Crippen molar-refractivity contribution in [2.45, 2.75) is 23.9 Å². The van der Waals surface area contributed by atoms with E-state index in [0.29, 0.717) is 11.7 Å². The number of carbonyl (C=O) groups is 1. The van der Waals surface area contributed by atoms with Crippen LogP contribution in [0.25, 0.3) is 11.1 Å². The second-order valence-corrected chi connectivity index (χ2v) is 6.88. The minimum atomic E-state index is -0.866. The van der Waals surface area contributed by atoms with Crippen LogP contribution in [-0.2, 0) is 0 Å². The fourth-order valence-electron chi connectivity index (χ4n) is 3.00. The summed E-state index contributed by atoms with van der Waals surface area (Å²) >= 11 is 3.08. The quantitative estimate of drug-likeness (QED) is 0.828. The summed E-state index contributed by atoms with van der Waals surface area (Å²) < 4.78 is 3.48. The molecule has 2 aromatic rings. The number of fused-ring (bicyclic) bond motifs is 3. The average molecular weight is 318 g/mol. The minimum Gasteiger partial charge on any atom is -0.478 e. The number of rotatable bonds is 2. The molecule has 21 heavy (non-hydrogen) atoms. The van der Waals surface area contributed by atoms with E-state index in [1.54, 1.807) is 17.3 Å². The molecule has 0 radical (unpaired) electrons. The number of benzene rings is 1. The van der Waals surface area contributed by atoms with Gasteiger partial charge in [0.05, 0.1) is 17.4 Å². The number of hydrogen-bond acceptors (Lipinski definition) is 5. The predicted octanol–water partition coefficient (Wildman–Crippen LogP) is 3.65. The number of carboxylic acid groups (broad SMARTS) is 1. The van der Waals surface area contributed by atoms with Crippen molar-refractivity contribution in [3.05, 3.63) is 34.5 Å². The molecule has 108 valence electrons. The van der Waals surface area contributed by atoms with Crippen LogP contribution >= 0.6 is 23.3 Å². The first kappa shape index (κ1) is 13.2. The first-order valence-electron chi connectivity index (χ1n) is 6.87. The monoisotopic (exact) mass is 318 g/mol. The van der Waals surface area contributed by atoms with Crippen LogP contribution in [0.15, 0.2) is 33.9 Å². The van der Waals surface area contributed by atoms with Crippen LogP contribution in [0.1, 0.15) is 23.2 Å². The van der Waals surface area contributed by atoms with E-state index >= 15 is 0 Å². The lowest BCUT2D eigenvalue weighted by atomic mass is 10.0. The summed E-state index contributed by atoms with van der Waals surface area (Å²) in [6.07, 6.45) is 2.83. The molecule has 0 amide bonds. The summed E-state index contributed by atoms with van der Waals surface area (Å²) in [4.78, 5) is 14.9. The highest BCUT2D eigenvalue weighted by molar-refractivity contribution is 7.97. The van der Waals surface area contributed by atoms with Crippen molar-refractivity contribution in [3.8, 4) is 11.1 Å². The third-order valence-corrected chi connectivity index (χ3v) is 5.71. The smallest absolute Gasteiger partial charge is 0.337 e. The van der Waals surface area contributed by atoms with E-state index in [1.807, 2.05) is 11.4 Å². The van der Waals surface area contributed by atoms with Gasteiger partial charge in [0.2, 0.25) is 0 Å². The molecule has 4 nitrogen and oxygen atoms in total. The Hall–Kier alpha value is -1.50. The zero-order chi connectivity index (χ0) is 14.4. The highest BCUT2D eigenvalue weighted by atomic mass is 32.2. The first-order valence-corrected chi connectivity index (χ1v) is 8.63. The lowest BCUT2D eigenvalue weighted by Gasteiger charge is -2.33. The third-order valence-electron chi connectivity index (χ3n) is 4.03. The van der Waals surface area contributed by atoms with Gasteiger partial charge in [-0.15, -0.1) is 0 Å². The Labute approximate surface area is 130 Å². The van der Waals surface area contributed by atoms with E-state index < -0.39 is 5.97 Å². The molecule has 0 spiro atoms. The average Bonchev–Trinajstić information content (AvgIpc) is 3.15. The molecule has 6 heteroatoms. The highest BCUT2D eigenvalue weighted by Crippen LogP contribution is 2.41. The van der Waals surface area contributed by atoms with E-state index in [-0.39, 0.29) is 0 Å². The summed E-state index contributed by atoms with van der Waals surface area (Å²) in [5.41, 5.74) is 3.42. The molecule has 3 heterocycles. The van der Waals surface area contributed by atoms with Crippen molar-refractivity contribution in [1.82, 2.24) is 4.72 Å². The second-order valence-electron chi connectivity index (χ2n) is 5.26. The molecule has 2 N–H and O–H groups in total. The summed E-state index contributed by atoms with van der Waals surface area (Å²) in [5.74, 6) is -0.866. The molecule has 1 fully saturated rings. The van der Waals surface area contributed by atoms with Gasteiger partial charge in [0.1, 0.15) is 0 Å². The Balaban J connectivity index is 1.76. The van der Waals surface area contributed by atoms with Crippen LogP contribution in [0.5, 0.6) is 0 Å². The van der Waals surface area contributed by atoms with Crippen molar-refractivity contribution in [1.29, 1.82) is 0 Å². The molecule has 1 atom stereocenters. The molecular formula is C15H14N2O2S2. The Morgan fingerprint density at radius 3 is 3.14 bits per heavy atom. The zero-order valence-electron chi connectivity index (χ0n) is 11.2. The molecule has 2 aliphatic rings. The fourth-order valence-corrected chi connectivity index (χ4v) is 4.81. The van der Waals surface area contributed by atoms with Crippen molar-refractivity contribution in [2.75, 3.05) is 11.4 Å². The minimum absolute atomic E-state index is 0.382. The van der Waals surface area contributed by atoms with Crippen LogP contribution in [0, 0.1) is 0 Å². The van der Waals surface area contributed by atoms with Crippen molar-refractivity contribution in [3.63, 3.8) is 0 Å². The second kappa shape index (κ2) is 5.05. The molecule has 0 saturated carbocycles. The van der Waals surface area contributed by atoms with E-state index in [0.717, 1.165) is 17.7 Å².